The molecule has 0 radical (unpaired) electrons. The van der Waals surface area contributed by atoms with Crippen LogP contribution in [0.25, 0.3) is 11.3 Å². The predicted octanol–water partition coefficient (Wildman–Crippen LogP) is 5.19. The summed E-state index contributed by atoms with van der Waals surface area (Å²) in [6.45, 7) is 0. The lowest BCUT2D eigenvalue weighted by molar-refractivity contribution is -0.113. The number of methoxy groups -OCH3 is 1. The van der Waals surface area contributed by atoms with Gasteiger partial charge in [-0.15, -0.1) is 10.2 Å². The third-order valence-electron chi connectivity index (χ3n) is 3.60. The molecule has 0 bridgehead atoms. The SMILES string of the molecule is COc1ccccc1-c1ccc(SCC(=O)Nc2cccc(Cl)c2Cl)nn1. The molecule has 0 aliphatic rings. The van der Waals surface area contributed by atoms with Crippen molar-refractivity contribution in [1.82, 2.24) is 10.2 Å². The first kappa shape index (κ1) is 19.5. The molecule has 0 saturated heterocycles. The number of nitrogens with one attached hydrogen (secondary N) is 1. The smallest absolute Gasteiger partial charge is 0.234 e. The van der Waals surface area contributed by atoms with E-state index in [1.165, 1.54) is 11.8 Å². The summed E-state index contributed by atoms with van der Waals surface area (Å²) in [7, 11) is 1.61. The number of ether oxygens (including phenoxy) is 1. The third kappa shape index (κ3) is 4.91. The molecule has 1 N–H and O–H groups in total. The van der Waals surface area contributed by atoms with Gasteiger partial charge in [0.1, 0.15) is 10.8 Å². The van der Waals surface area contributed by atoms with Crippen molar-refractivity contribution in [2.24, 2.45) is 0 Å². The van der Waals surface area contributed by atoms with Gasteiger partial charge in [0.25, 0.3) is 0 Å². The summed E-state index contributed by atoms with van der Waals surface area (Å²) < 4.78 is 5.34. The van der Waals surface area contributed by atoms with Crippen LogP contribution in [0, 0.1) is 0 Å². The first-order valence-electron chi connectivity index (χ1n) is 7.92. The lowest BCUT2D eigenvalue weighted by Gasteiger charge is -2.08. The van der Waals surface area contributed by atoms with E-state index in [2.05, 4.69) is 15.5 Å². The van der Waals surface area contributed by atoms with Crippen molar-refractivity contribution in [2.45, 2.75) is 5.03 Å². The van der Waals surface area contributed by atoms with E-state index < -0.39 is 0 Å². The van der Waals surface area contributed by atoms with Gasteiger partial charge in [-0.3, -0.25) is 4.79 Å². The fraction of sp³-hybridized carbons (Fsp3) is 0.105. The molecule has 8 heteroatoms. The Morgan fingerprint density at radius 1 is 1.07 bits per heavy atom. The highest BCUT2D eigenvalue weighted by molar-refractivity contribution is 7.99. The number of amides is 1. The van der Waals surface area contributed by atoms with Crippen LogP contribution in [0.2, 0.25) is 10.0 Å². The Kier molecular flexibility index (Phi) is 6.55. The van der Waals surface area contributed by atoms with Crippen molar-refractivity contribution in [1.29, 1.82) is 0 Å². The Labute approximate surface area is 171 Å². The zero-order valence-electron chi connectivity index (χ0n) is 14.3. The zero-order chi connectivity index (χ0) is 19.2. The minimum absolute atomic E-state index is 0.172. The number of rotatable bonds is 6. The predicted molar refractivity (Wildman–Crippen MR) is 110 cm³/mol. The van der Waals surface area contributed by atoms with Crippen LogP contribution in [0.1, 0.15) is 0 Å². The standard InChI is InChI=1S/C19H15Cl2N3O2S/c1-26-16-8-3-2-5-12(16)14-9-10-18(24-23-14)27-11-17(25)22-15-7-4-6-13(20)19(15)21/h2-10H,11H2,1H3,(H,22,25). The number of benzene rings is 2. The molecule has 0 aliphatic heterocycles. The molecule has 1 aromatic heterocycles. The quantitative estimate of drug-likeness (QED) is 0.556. The molecule has 5 nitrogen and oxygen atoms in total. The summed E-state index contributed by atoms with van der Waals surface area (Å²) in [5, 5.41) is 12.5. The van der Waals surface area contributed by atoms with Crippen LogP contribution in [0.5, 0.6) is 5.75 Å². The number of halogens is 2. The lowest BCUT2D eigenvalue weighted by Crippen LogP contribution is -2.14. The van der Waals surface area contributed by atoms with Crippen LogP contribution in [0.4, 0.5) is 5.69 Å². The van der Waals surface area contributed by atoms with Gasteiger partial charge in [-0.2, -0.15) is 0 Å². The van der Waals surface area contributed by atoms with E-state index in [4.69, 9.17) is 27.9 Å². The van der Waals surface area contributed by atoms with E-state index in [1.807, 2.05) is 36.4 Å². The zero-order valence-corrected chi connectivity index (χ0v) is 16.6. The first-order chi connectivity index (χ1) is 13.1. The van der Waals surface area contributed by atoms with E-state index >= 15 is 0 Å². The minimum atomic E-state index is -0.209. The summed E-state index contributed by atoms with van der Waals surface area (Å²) in [5.41, 5.74) is 2.04. The summed E-state index contributed by atoms with van der Waals surface area (Å²) >= 11 is 13.3. The molecular formula is C19H15Cl2N3O2S. The molecule has 0 unspecified atom stereocenters. The average molecular weight is 420 g/mol. The van der Waals surface area contributed by atoms with E-state index in [1.54, 1.807) is 25.3 Å². The molecule has 3 rings (SSSR count). The summed E-state index contributed by atoms with van der Waals surface area (Å²) in [6.07, 6.45) is 0. The number of carbonyl (C=O) groups is 1. The van der Waals surface area contributed by atoms with Crippen LogP contribution in [-0.2, 0) is 4.79 Å². The fourth-order valence-electron chi connectivity index (χ4n) is 2.32. The van der Waals surface area contributed by atoms with E-state index in [-0.39, 0.29) is 11.7 Å². The number of hydrogen-bond acceptors (Lipinski definition) is 5. The second-order valence-corrected chi connectivity index (χ2v) is 7.18. The molecule has 1 heterocycles. The maximum absolute atomic E-state index is 12.1. The average Bonchev–Trinajstić information content (AvgIpc) is 2.70. The van der Waals surface area contributed by atoms with Crippen molar-refractivity contribution >= 4 is 46.6 Å². The second-order valence-electron chi connectivity index (χ2n) is 5.40. The van der Waals surface area contributed by atoms with E-state index in [9.17, 15) is 4.79 Å². The molecule has 0 atom stereocenters. The topological polar surface area (TPSA) is 64.1 Å². The first-order valence-corrected chi connectivity index (χ1v) is 9.66. The number of hydrogen-bond donors (Lipinski definition) is 1. The Bertz CT molecular complexity index is 952. The van der Waals surface area contributed by atoms with Crippen molar-refractivity contribution in [3.8, 4) is 17.0 Å². The maximum Gasteiger partial charge on any atom is 0.234 e. The molecule has 0 saturated carbocycles. The van der Waals surface area contributed by atoms with Gasteiger partial charge in [-0.05, 0) is 36.4 Å². The number of nitrogens with zero attached hydrogens (tertiary/aromatic N) is 2. The van der Waals surface area contributed by atoms with Crippen LogP contribution in [0.15, 0.2) is 59.6 Å². The molecular weight excluding hydrogens is 405 g/mol. The number of para-hydroxylation sites is 1. The number of aromatic nitrogens is 2. The normalized spacial score (nSPS) is 10.5. The Morgan fingerprint density at radius 2 is 1.89 bits per heavy atom. The fourth-order valence-corrected chi connectivity index (χ4v) is 3.28. The lowest BCUT2D eigenvalue weighted by atomic mass is 10.1. The van der Waals surface area contributed by atoms with Gasteiger partial charge in [-0.25, -0.2) is 0 Å². The number of anilines is 1. The van der Waals surface area contributed by atoms with Gasteiger partial charge in [0, 0.05) is 5.56 Å². The third-order valence-corrected chi connectivity index (χ3v) is 5.34. The van der Waals surface area contributed by atoms with Crippen molar-refractivity contribution in [3.05, 3.63) is 64.6 Å². The highest BCUT2D eigenvalue weighted by Crippen LogP contribution is 2.30. The van der Waals surface area contributed by atoms with Gasteiger partial charge in [0.15, 0.2) is 0 Å². The van der Waals surface area contributed by atoms with Crippen molar-refractivity contribution < 1.29 is 9.53 Å². The summed E-state index contributed by atoms with van der Waals surface area (Å²) in [4.78, 5) is 12.1. The Balaban J connectivity index is 1.62. The van der Waals surface area contributed by atoms with Crippen LogP contribution in [0.3, 0.4) is 0 Å². The number of carbonyl (C=O) groups excluding carboxylic acids is 1. The van der Waals surface area contributed by atoms with Crippen LogP contribution < -0.4 is 10.1 Å². The molecule has 2 aromatic carbocycles. The van der Waals surface area contributed by atoms with Crippen molar-refractivity contribution in [3.63, 3.8) is 0 Å². The molecule has 3 aromatic rings. The van der Waals surface area contributed by atoms with Gasteiger partial charge in [0.05, 0.1) is 34.3 Å². The Hall–Kier alpha value is -2.28. The van der Waals surface area contributed by atoms with Crippen LogP contribution >= 0.6 is 35.0 Å². The molecule has 27 heavy (non-hydrogen) atoms. The molecule has 0 spiro atoms. The maximum atomic E-state index is 12.1. The highest BCUT2D eigenvalue weighted by Gasteiger charge is 2.11. The second kappa shape index (κ2) is 9.08. The highest BCUT2D eigenvalue weighted by atomic mass is 35.5. The van der Waals surface area contributed by atoms with Crippen molar-refractivity contribution in [2.75, 3.05) is 18.2 Å². The number of thioether (sulfide) groups is 1. The van der Waals surface area contributed by atoms with E-state index in [0.29, 0.717) is 26.5 Å². The summed E-state index contributed by atoms with van der Waals surface area (Å²) in [5.74, 6) is 0.690. The largest absolute Gasteiger partial charge is 0.496 e. The van der Waals surface area contributed by atoms with E-state index in [0.717, 1.165) is 11.3 Å². The molecule has 1 amide bonds. The van der Waals surface area contributed by atoms with Gasteiger partial charge in [0.2, 0.25) is 5.91 Å². The Morgan fingerprint density at radius 3 is 2.63 bits per heavy atom. The minimum Gasteiger partial charge on any atom is -0.496 e. The van der Waals surface area contributed by atoms with Crippen LogP contribution in [-0.4, -0.2) is 29.0 Å². The molecule has 0 aliphatic carbocycles. The summed E-state index contributed by atoms with van der Waals surface area (Å²) in [6, 6.07) is 16.3. The van der Waals surface area contributed by atoms with Gasteiger partial charge < -0.3 is 10.1 Å². The molecule has 138 valence electrons. The molecule has 0 fully saturated rings. The van der Waals surface area contributed by atoms with Gasteiger partial charge in [-0.1, -0.05) is 53.2 Å². The van der Waals surface area contributed by atoms with Gasteiger partial charge >= 0.3 is 0 Å². The monoisotopic (exact) mass is 419 g/mol.